The lowest BCUT2D eigenvalue weighted by molar-refractivity contribution is -0.192. The Hall–Kier alpha value is -3.53. The molecule has 1 amide bonds. The minimum Gasteiger partial charge on any atom is -0.495 e. The van der Waals surface area contributed by atoms with E-state index >= 15 is 0 Å². The number of ether oxygens (including phenoxy) is 2. The first-order valence-corrected chi connectivity index (χ1v) is 9.56. The molecule has 172 valence electrons. The van der Waals surface area contributed by atoms with Gasteiger partial charge < -0.3 is 19.9 Å². The maximum absolute atomic E-state index is 12.0. The van der Waals surface area contributed by atoms with E-state index in [-0.39, 0.29) is 6.61 Å². The average molecular weight is 452 g/mol. The molecule has 0 radical (unpaired) electrons. The second-order valence-corrected chi connectivity index (χ2v) is 6.59. The average Bonchev–Trinajstić information content (AvgIpc) is 2.79. The van der Waals surface area contributed by atoms with Crippen molar-refractivity contribution in [3.8, 4) is 5.75 Å². The van der Waals surface area contributed by atoms with E-state index in [1.54, 1.807) is 7.11 Å². The number of hydrogen-bond donors (Lipinski definition) is 3. The molecule has 2 aromatic carbocycles. The molecule has 0 aliphatic carbocycles. The number of aliphatic carboxylic acids is 1. The van der Waals surface area contributed by atoms with Gasteiger partial charge in [0.05, 0.1) is 12.8 Å². The van der Waals surface area contributed by atoms with Crippen LogP contribution in [0.4, 0.5) is 23.7 Å². The third-order valence-corrected chi connectivity index (χ3v) is 4.33. The van der Waals surface area contributed by atoms with E-state index in [9.17, 15) is 18.0 Å². The number of amides is 1. The summed E-state index contributed by atoms with van der Waals surface area (Å²) in [5.74, 6) is -2.14. The van der Waals surface area contributed by atoms with Gasteiger partial charge in [-0.05, 0) is 41.8 Å². The number of methoxy groups -OCH3 is 1. The monoisotopic (exact) mass is 452 g/mol. The predicted molar refractivity (Wildman–Crippen MR) is 112 cm³/mol. The van der Waals surface area contributed by atoms with Crippen LogP contribution in [0, 0.1) is 0 Å². The summed E-state index contributed by atoms with van der Waals surface area (Å²) in [4.78, 5) is 20.9. The summed E-state index contributed by atoms with van der Waals surface area (Å²) in [5.41, 5.74) is 3.94. The molecule has 0 saturated carbocycles. The Labute approximate surface area is 182 Å². The molecule has 0 unspecified atom stereocenters. The topological polar surface area (TPSA) is 96.9 Å². The first-order valence-electron chi connectivity index (χ1n) is 9.56. The van der Waals surface area contributed by atoms with Crippen LogP contribution in [-0.2, 0) is 16.1 Å². The van der Waals surface area contributed by atoms with E-state index in [4.69, 9.17) is 19.4 Å². The molecule has 1 aliphatic heterocycles. The highest BCUT2D eigenvalue weighted by Crippen LogP contribution is 2.30. The molecule has 0 atom stereocenters. The minimum absolute atomic E-state index is 0.229. The first-order chi connectivity index (χ1) is 15.2. The Balaban J connectivity index is 0.000000451. The molecule has 0 spiro atoms. The highest BCUT2D eigenvalue weighted by Gasteiger charge is 2.38. The van der Waals surface area contributed by atoms with Crippen molar-refractivity contribution in [2.24, 2.45) is 0 Å². The number of carbonyl (C=O) groups is 2. The van der Waals surface area contributed by atoms with E-state index in [2.05, 4.69) is 16.7 Å². The van der Waals surface area contributed by atoms with Crippen molar-refractivity contribution in [2.75, 3.05) is 25.5 Å². The van der Waals surface area contributed by atoms with Crippen LogP contribution in [0.15, 0.2) is 54.6 Å². The fraction of sp³-hybridized carbons (Fsp3) is 0.273. The Morgan fingerprint density at radius 1 is 1.16 bits per heavy atom. The highest BCUT2D eigenvalue weighted by molar-refractivity contribution is 5.87. The number of carbonyl (C=O) groups excluding carboxylic acids is 1. The van der Waals surface area contributed by atoms with Gasteiger partial charge in [-0.3, -0.25) is 5.32 Å². The lowest BCUT2D eigenvalue weighted by Crippen LogP contribution is -2.21. The highest BCUT2D eigenvalue weighted by atomic mass is 19.4. The fourth-order valence-electron chi connectivity index (χ4n) is 2.75. The van der Waals surface area contributed by atoms with Crippen LogP contribution < -0.4 is 15.4 Å². The van der Waals surface area contributed by atoms with Crippen LogP contribution in [-0.4, -0.2) is 43.5 Å². The molecular weight excluding hydrogens is 429 g/mol. The zero-order valence-corrected chi connectivity index (χ0v) is 17.2. The molecule has 2 aromatic rings. The summed E-state index contributed by atoms with van der Waals surface area (Å²) in [6.07, 6.45) is -2.43. The molecule has 3 N–H and O–H groups in total. The summed E-state index contributed by atoms with van der Waals surface area (Å²) in [5, 5.41) is 13.2. The van der Waals surface area contributed by atoms with E-state index in [0.717, 1.165) is 30.6 Å². The Morgan fingerprint density at radius 2 is 1.84 bits per heavy atom. The smallest absolute Gasteiger partial charge is 0.490 e. The van der Waals surface area contributed by atoms with Gasteiger partial charge in [0.15, 0.2) is 0 Å². The van der Waals surface area contributed by atoms with E-state index in [1.165, 1.54) is 5.57 Å². The second kappa shape index (κ2) is 11.8. The summed E-state index contributed by atoms with van der Waals surface area (Å²) < 4.78 is 42.4. The normalized spacial score (nSPS) is 13.2. The Morgan fingerprint density at radius 3 is 2.41 bits per heavy atom. The summed E-state index contributed by atoms with van der Waals surface area (Å²) >= 11 is 0. The maximum atomic E-state index is 12.0. The van der Waals surface area contributed by atoms with Crippen LogP contribution >= 0.6 is 0 Å². The number of rotatable bonds is 5. The fourth-order valence-corrected chi connectivity index (χ4v) is 2.75. The molecule has 1 heterocycles. The predicted octanol–water partition coefficient (Wildman–Crippen LogP) is 4.45. The lowest BCUT2D eigenvalue weighted by Gasteiger charge is -2.16. The van der Waals surface area contributed by atoms with Crippen LogP contribution in [0.25, 0.3) is 5.57 Å². The largest absolute Gasteiger partial charge is 0.495 e. The molecule has 32 heavy (non-hydrogen) atoms. The SMILES string of the molecule is COc1cc(C2=CCNCC2)ccc1NC(=O)OCc1ccccc1.O=C(O)C(F)(F)F. The van der Waals surface area contributed by atoms with Crippen LogP contribution in [0.1, 0.15) is 17.5 Å². The van der Waals surface area contributed by atoms with Gasteiger partial charge in [-0.2, -0.15) is 13.2 Å². The zero-order valence-electron chi connectivity index (χ0n) is 17.2. The number of benzene rings is 2. The first kappa shape index (κ1) is 24.7. The molecule has 0 aromatic heterocycles. The Kier molecular flexibility index (Phi) is 9.08. The van der Waals surface area contributed by atoms with Crippen molar-refractivity contribution >= 4 is 23.3 Å². The number of alkyl halides is 3. The molecule has 7 nitrogen and oxygen atoms in total. The summed E-state index contributed by atoms with van der Waals surface area (Å²) in [6.45, 7) is 2.08. The Bertz CT molecular complexity index is 946. The van der Waals surface area contributed by atoms with Crippen molar-refractivity contribution < 1.29 is 37.3 Å². The van der Waals surface area contributed by atoms with Crippen molar-refractivity contribution in [1.29, 1.82) is 0 Å². The number of halogens is 3. The molecule has 10 heteroatoms. The van der Waals surface area contributed by atoms with Crippen molar-refractivity contribution in [2.45, 2.75) is 19.2 Å². The molecule has 0 saturated heterocycles. The number of hydrogen-bond acceptors (Lipinski definition) is 5. The minimum atomic E-state index is -5.08. The van der Waals surface area contributed by atoms with Gasteiger partial charge in [0.2, 0.25) is 0 Å². The molecule has 3 rings (SSSR count). The van der Waals surface area contributed by atoms with E-state index in [1.807, 2.05) is 48.5 Å². The second-order valence-electron chi connectivity index (χ2n) is 6.59. The third-order valence-electron chi connectivity index (χ3n) is 4.33. The third kappa shape index (κ3) is 7.95. The van der Waals surface area contributed by atoms with Crippen LogP contribution in [0.3, 0.4) is 0 Å². The van der Waals surface area contributed by atoms with Crippen LogP contribution in [0.2, 0.25) is 0 Å². The van der Waals surface area contributed by atoms with Gasteiger partial charge in [-0.1, -0.05) is 42.5 Å². The molecule has 0 bridgehead atoms. The standard InChI is InChI=1S/C20H22N2O3.C2HF3O2/c1-24-19-13-17(16-9-11-21-12-10-16)7-8-18(19)22-20(23)25-14-15-5-3-2-4-6-15;3-2(4,5)1(6)7/h2-9,13,21H,10-12,14H2,1H3,(H,22,23);(H,6,7). The quantitative estimate of drug-likeness (QED) is 0.620. The van der Waals surface area contributed by atoms with Crippen molar-refractivity contribution in [3.63, 3.8) is 0 Å². The summed E-state index contributed by atoms with van der Waals surface area (Å²) in [7, 11) is 1.59. The van der Waals surface area contributed by atoms with Gasteiger partial charge in [0.25, 0.3) is 0 Å². The maximum Gasteiger partial charge on any atom is 0.490 e. The molecule has 0 fully saturated rings. The number of carboxylic acid groups (broad SMARTS) is 1. The summed E-state index contributed by atoms with van der Waals surface area (Å²) in [6, 6.07) is 15.4. The number of anilines is 1. The van der Waals surface area contributed by atoms with Gasteiger partial charge in [0, 0.05) is 6.54 Å². The number of carboxylic acids is 1. The zero-order chi connectivity index (χ0) is 23.6. The van der Waals surface area contributed by atoms with Crippen molar-refractivity contribution in [3.05, 3.63) is 65.7 Å². The van der Waals surface area contributed by atoms with Gasteiger partial charge >= 0.3 is 18.2 Å². The van der Waals surface area contributed by atoms with Crippen LogP contribution in [0.5, 0.6) is 5.75 Å². The molecule has 1 aliphatic rings. The number of nitrogens with one attached hydrogen (secondary N) is 2. The lowest BCUT2D eigenvalue weighted by atomic mass is 9.99. The molecular formula is C22H23F3N2O5. The van der Waals surface area contributed by atoms with Gasteiger partial charge in [-0.15, -0.1) is 0 Å². The van der Waals surface area contributed by atoms with Crippen molar-refractivity contribution in [1.82, 2.24) is 5.32 Å². The van der Waals surface area contributed by atoms with E-state index in [0.29, 0.717) is 11.4 Å². The van der Waals surface area contributed by atoms with Gasteiger partial charge in [-0.25, -0.2) is 9.59 Å². The van der Waals surface area contributed by atoms with Gasteiger partial charge in [0.1, 0.15) is 12.4 Å². The van der Waals surface area contributed by atoms with E-state index < -0.39 is 18.2 Å².